The first-order valence-corrected chi connectivity index (χ1v) is 7.93. The number of rotatable bonds is 4. The van der Waals surface area contributed by atoms with Crippen molar-refractivity contribution >= 4 is 27.5 Å². The highest BCUT2D eigenvalue weighted by atomic mass is 79.9. The molecule has 1 amide bonds. The number of halogens is 1. The monoisotopic (exact) mass is 361 g/mol. The topological polar surface area (TPSA) is 38.3 Å². The Kier molecular flexibility index (Phi) is 5.24. The zero-order valence-corrected chi connectivity index (χ0v) is 14.9. The third kappa shape index (κ3) is 4.10. The molecule has 0 aromatic heterocycles. The molecule has 0 aliphatic rings. The summed E-state index contributed by atoms with van der Waals surface area (Å²) in [5.74, 6) is 0.573. The van der Waals surface area contributed by atoms with E-state index in [1.54, 1.807) is 0 Å². The van der Waals surface area contributed by atoms with E-state index in [0.29, 0.717) is 0 Å². The third-order valence-electron chi connectivity index (χ3n) is 3.47. The maximum absolute atomic E-state index is 12.0. The second kappa shape index (κ2) is 6.97. The Balaban J connectivity index is 2.00. The third-order valence-corrected chi connectivity index (χ3v) is 4.33. The molecule has 2 rings (SSSR count). The molecule has 0 bridgehead atoms. The molecule has 0 fully saturated rings. The molecule has 116 valence electrons. The SMILES string of the molecule is Cc1ccc(NC(=O)COc2cc(C)c(Br)cc2C)c(C)c1. The molecule has 0 unspecified atom stereocenters. The molecule has 2 aromatic carbocycles. The van der Waals surface area contributed by atoms with Crippen LogP contribution in [0.25, 0.3) is 0 Å². The van der Waals surface area contributed by atoms with Crippen molar-refractivity contribution in [2.24, 2.45) is 0 Å². The normalized spacial score (nSPS) is 10.4. The smallest absolute Gasteiger partial charge is 0.262 e. The Morgan fingerprint density at radius 1 is 1.05 bits per heavy atom. The molecule has 0 atom stereocenters. The summed E-state index contributed by atoms with van der Waals surface area (Å²) in [6.07, 6.45) is 0. The van der Waals surface area contributed by atoms with Gasteiger partial charge in [0.2, 0.25) is 0 Å². The van der Waals surface area contributed by atoms with E-state index in [0.717, 1.165) is 32.6 Å². The number of amides is 1. The summed E-state index contributed by atoms with van der Waals surface area (Å²) in [6, 6.07) is 9.86. The van der Waals surface area contributed by atoms with Crippen molar-refractivity contribution in [3.8, 4) is 5.75 Å². The lowest BCUT2D eigenvalue weighted by Gasteiger charge is -2.12. The van der Waals surface area contributed by atoms with Crippen LogP contribution in [0.3, 0.4) is 0 Å². The van der Waals surface area contributed by atoms with Crippen LogP contribution in [-0.4, -0.2) is 12.5 Å². The van der Waals surface area contributed by atoms with Gasteiger partial charge in [-0.25, -0.2) is 0 Å². The second-order valence-electron chi connectivity index (χ2n) is 5.52. The zero-order chi connectivity index (χ0) is 16.3. The minimum Gasteiger partial charge on any atom is -0.483 e. The highest BCUT2D eigenvalue weighted by Gasteiger charge is 2.08. The van der Waals surface area contributed by atoms with E-state index in [4.69, 9.17) is 4.74 Å². The van der Waals surface area contributed by atoms with Crippen LogP contribution in [0.1, 0.15) is 22.3 Å². The van der Waals surface area contributed by atoms with Crippen LogP contribution in [0.5, 0.6) is 5.75 Å². The van der Waals surface area contributed by atoms with Crippen molar-refractivity contribution in [3.63, 3.8) is 0 Å². The van der Waals surface area contributed by atoms with Crippen LogP contribution in [0.15, 0.2) is 34.8 Å². The Morgan fingerprint density at radius 2 is 1.77 bits per heavy atom. The maximum Gasteiger partial charge on any atom is 0.262 e. The fourth-order valence-electron chi connectivity index (χ4n) is 2.19. The van der Waals surface area contributed by atoms with Crippen LogP contribution in [0, 0.1) is 27.7 Å². The number of carbonyl (C=O) groups excluding carboxylic acids is 1. The number of aryl methyl sites for hydroxylation is 4. The fourth-order valence-corrected chi connectivity index (χ4v) is 2.65. The average molecular weight is 362 g/mol. The average Bonchev–Trinajstić information content (AvgIpc) is 2.44. The van der Waals surface area contributed by atoms with Gasteiger partial charge in [-0.1, -0.05) is 33.6 Å². The van der Waals surface area contributed by atoms with E-state index >= 15 is 0 Å². The highest BCUT2D eigenvalue weighted by Crippen LogP contribution is 2.26. The Labute approximate surface area is 139 Å². The molecular weight excluding hydrogens is 342 g/mol. The standard InChI is InChI=1S/C18H20BrNO2/c1-11-5-6-16(13(3)7-11)20-18(21)10-22-17-9-12(2)15(19)8-14(17)4/h5-9H,10H2,1-4H3,(H,20,21). The predicted octanol–water partition coefficient (Wildman–Crippen LogP) is 4.70. The van der Waals surface area contributed by atoms with Gasteiger partial charge in [-0.05, 0) is 62.6 Å². The van der Waals surface area contributed by atoms with Crippen LogP contribution >= 0.6 is 15.9 Å². The summed E-state index contributed by atoms with van der Waals surface area (Å²) in [4.78, 5) is 12.0. The molecule has 22 heavy (non-hydrogen) atoms. The summed E-state index contributed by atoms with van der Waals surface area (Å²) in [5.41, 5.74) is 5.12. The van der Waals surface area contributed by atoms with E-state index in [1.165, 1.54) is 5.56 Å². The van der Waals surface area contributed by atoms with Gasteiger partial charge in [-0.15, -0.1) is 0 Å². The zero-order valence-electron chi connectivity index (χ0n) is 13.3. The van der Waals surface area contributed by atoms with Gasteiger partial charge in [-0.2, -0.15) is 0 Å². The number of nitrogens with one attached hydrogen (secondary N) is 1. The molecule has 0 spiro atoms. The molecule has 0 aliphatic carbocycles. The summed E-state index contributed by atoms with van der Waals surface area (Å²) >= 11 is 3.48. The Hall–Kier alpha value is -1.81. The fraction of sp³-hybridized carbons (Fsp3) is 0.278. The van der Waals surface area contributed by atoms with E-state index in [-0.39, 0.29) is 12.5 Å². The van der Waals surface area contributed by atoms with Crippen molar-refractivity contribution < 1.29 is 9.53 Å². The maximum atomic E-state index is 12.0. The molecule has 0 saturated carbocycles. The predicted molar refractivity (Wildman–Crippen MR) is 93.7 cm³/mol. The highest BCUT2D eigenvalue weighted by molar-refractivity contribution is 9.10. The lowest BCUT2D eigenvalue weighted by molar-refractivity contribution is -0.118. The van der Waals surface area contributed by atoms with Gasteiger partial charge < -0.3 is 10.1 Å². The van der Waals surface area contributed by atoms with Crippen molar-refractivity contribution in [1.82, 2.24) is 0 Å². The molecule has 1 N–H and O–H groups in total. The van der Waals surface area contributed by atoms with Crippen LogP contribution in [-0.2, 0) is 4.79 Å². The molecular formula is C18H20BrNO2. The number of carbonyl (C=O) groups is 1. The summed E-state index contributed by atoms with van der Waals surface area (Å²) in [7, 11) is 0. The van der Waals surface area contributed by atoms with Crippen LogP contribution in [0.2, 0.25) is 0 Å². The number of benzene rings is 2. The summed E-state index contributed by atoms with van der Waals surface area (Å²) in [6.45, 7) is 7.95. The Morgan fingerprint density at radius 3 is 2.45 bits per heavy atom. The van der Waals surface area contributed by atoms with Gasteiger partial charge in [-0.3, -0.25) is 4.79 Å². The first kappa shape index (κ1) is 16.6. The summed E-state index contributed by atoms with van der Waals surface area (Å²) < 4.78 is 6.68. The summed E-state index contributed by atoms with van der Waals surface area (Å²) in [5, 5.41) is 2.88. The molecule has 3 nitrogen and oxygen atoms in total. The van der Waals surface area contributed by atoms with E-state index in [1.807, 2.05) is 58.0 Å². The quantitative estimate of drug-likeness (QED) is 0.856. The first-order chi connectivity index (χ1) is 10.4. The van der Waals surface area contributed by atoms with E-state index in [9.17, 15) is 4.79 Å². The molecule has 0 saturated heterocycles. The van der Waals surface area contributed by atoms with Crippen LogP contribution < -0.4 is 10.1 Å². The van der Waals surface area contributed by atoms with E-state index in [2.05, 4.69) is 21.2 Å². The van der Waals surface area contributed by atoms with Crippen molar-refractivity contribution in [3.05, 3.63) is 57.1 Å². The van der Waals surface area contributed by atoms with Gasteiger partial charge in [0.15, 0.2) is 6.61 Å². The number of hydrogen-bond acceptors (Lipinski definition) is 2. The Bertz CT molecular complexity index is 710. The minimum atomic E-state index is -0.160. The first-order valence-electron chi connectivity index (χ1n) is 7.13. The molecule has 0 radical (unpaired) electrons. The van der Waals surface area contributed by atoms with Gasteiger partial charge >= 0.3 is 0 Å². The lowest BCUT2D eigenvalue weighted by atomic mass is 10.1. The van der Waals surface area contributed by atoms with E-state index < -0.39 is 0 Å². The molecule has 4 heteroatoms. The van der Waals surface area contributed by atoms with Crippen molar-refractivity contribution in [1.29, 1.82) is 0 Å². The lowest BCUT2D eigenvalue weighted by Crippen LogP contribution is -2.21. The number of anilines is 1. The van der Waals surface area contributed by atoms with Gasteiger partial charge in [0.1, 0.15) is 5.75 Å². The largest absolute Gasteiger partial charge is 0.483 e. The van der Waals surface area contributed by atoms with Gasteiger partial charge in [0, 0.05) is 10.2 Å². The molecule has 0 aliphatic heterocycles. The van der Waals surface area contributed by atoms with Crippen molar-refractivity contribution in [2.75, 3.05) is 11.9 Å². The van der Waals surface area contributed by atoms with Gasteiger partial charge in [0.25, 0.3) is 5.91 Å². The minimum absolute atomic E-state index is 0.00473. The van der Waals surface area contributed by atoms with Crippen LogP contribution in [0.4, 0.5) is 5.69 Å². The number of hydrogen-bond donors (Lipinski definition) is 1. The number of ether oxygens (including phenoxy) is 1. The molecule has 2 aromatic rings. The molecule has 0 heterocycles. The van der Waals surface area contributed by atoms with Gasteiger partial charge in [0.05, 0.1) is 0 Å². The second-order valence-corrected chi connectivity index (χ2v) is 6.38. The van der Waals surface area contributed by atoms with Crippen molar-refractivity contribution in [2.45, 2.75) is 27.7 Å².